The molecule has 0 heterocycles. The molecule has 0 radical (unpaired) electrons. The van der Waals surface area contributed by atoms with Crippen molar-refractivity contribution >= 4 is 5.97 Å². The summed E-state index contributed by atoms with van der Waals surface area (Å²) in [5.41, 5.74) is 3.71. The Labute approximate surface area is 115 Å². The SMILES string of the molecule is C=CCN(CC(=O)OCC)Cc1cc(C)ccc1C. The molecule has 0 saturated carbocycles. The highest BCUT2D eigenvalue weighted by Gasteiger charge is 2.12. The number of esters is 1. The van der Waals surface area contributed by atoms with Crippen molar-refractivity contribution in [3.05, 3.63) is 47.5 Å². The van der Waals surface area contributed by atoms with Crippen LogP contribution in [0.3, 0.4) is 0 Å². The maximum Gasteiger partial charge on any atom is 0.320 e. The number of hydrogen-bond donors (Lipinski definition) is 0. The standard InChI is InChI=1S/C16H23NO2/c1-5-9-17(12-16(18)19-6-2)11-15-10-13(3)7-8-14(15)4/h5,7-8,10H,1,6,9,11-12H2,2-4H3. The second-order valence-electron chi connectivity index (χ2n) is 4.69. The van der Waals surface area contributed by atoms with Crippen molar-refractivity contribution in [3.63, 3.8) is 0 Å². The van der Waals surface area contributed by atoms with Gasteiger partial charge in [0.15, 0.2) is 0 Å². The van der Waals surface area contributed by atoms with Crippen LogP contribution < -0.4 is 0 Å². The Balaban J connectivity index is 2.74. The van der Waals surface area contributed by atoms with Crippen LogP contribution in [0.1, 0.15) is 23.6 Å². The van der Waals surface area contributed by atoms with E-state index in [0.29, 0.717) is 19.7 Å². The van der Waals surface area contributed by atoms with Crippen LogP contribution in [-0.2, 0) is 16.1 Å². The molecule has 1 aromatic rings. The molecular formula is C16H23NO2. The van der Waals surface area contributed by atoms with E-state index in [1.54, 1.807) is 0 Å². The predicted molar refractivity (Wildman–Crippen MR) is 78.0 cm³/mol. The highest BCUT2D eigenvalue weighted by molar-refractivity contribution is 5.71. The number of nitrogens with zero attached hydrogens (tertiary/aromatic N) is 1. The molecule has 0 aliphatic carbocycles. The second kappa shape index (κ2) is 7.74. The number of hydrogen-bond acceptors (Lipinski definition) is 3. The maximum atomic E-state index is 11.6. The molecule has 3 nitrogen and oxygen atoms in total. The third-order valence-corrected chi connectivity index (χ3v) is 2.94. The van der Waals surface area contributed by atoms with Gasteiger partial charge in [-0.25, -0.2) is 0 Å². The topological polar surface area (TPSA) is 29.5 Å². The first kappa shape index (κ1) is 15.4. The van der Waals surface area contributed by atoms with Gasteiger partial charge in [-0.1, -0.05) is 29.8 Å². The number of ether oxygens (including phenoxy) is 1. The first-order chi connectivity index (χ1) is 9.06. The third-order valence-electron chi connectivity index (χ3n) is 2.94. The van der Waals surface area contributed by atoms with Gasteiger partial charge in [-0.2, -0.15) is 0 Å². The maximum absolute atomic E-state index is 11.6. The third kappa shape index (κ3) is 5.26. The number of carbonyl (C=O) groups excluding carboxylic acids is 1. The molecule has 1 aromatic carbocycles. The van der Waals surface area contributed by atoms with Crippen LogP contribution >= 0.6 is 0 Å². The molecule has 0 aliphatic heterocycles. The summed E-state index contributed by atoms with van der Waals surface area (Å²) in [5, 5.41) is 0. The van der Waals surface area contributed by atoms with Gasteiger partial charge in [0.2, 0.25) is 0 Å². The first-order valence-corrected chi connectivity index (χ1v) is 6.61. The van der Waals surface area contributed by atoms with Crippen molar-refractivity contribution in [2.75, 3.05) is 19.7 Å². The van der Waals surface area contributed by atoms with E-state index in [9.17, 15) is 4.79 Å². The lowest BCUT2D eigenvalue weighted by molar-refractivity contribution is -0.144. The highest BCUT2D eigenvalue weighted by atomic mass is 16.5. The van der Waals surface area contributed by atoms with Crippen LogP contribution in [0.25, 0.3) is 0 Å². The molecule has 3 heteroatoms. The van der Waals surface area contributed by atoms with Gasteiger partial charge < -0.3 is 4.74 Å². The van der Waals surface area contributed by atoms with Crippen LogP contribution in [0, 0.1) is 13.8 Å². The van der Waals surface area contributed by atoms with Crippen molar-refractivity contribution in [1.82, 2.24) is 4.90 Å². The van der Waals surface area contributed by atoms with Crippen LogP contribution in [0.15, 0.2) is 30.9 Å². The zero-order valence-electron chi connectivity index (χ0n) is 12.1. The summed E-state index contributed by atoms with van der Waals surface area (Å²) in [6, 6.07) is 6.37. The van der Waals surface area contributed by atoms with Crippen LogP contribution in [0.2, 0.25) is 0 Å². The summed E-state index contributed by atoms with van der Waals surface area (Å²) in [6.07, 6.45) is 1.81. The minimum Gasteiger partial charge on any atom is -0.465 e. The molecule has 0 aliphatic rings. The highest BCUT2D eigenvalue weighted by Crippen LogP contribution is 2.13. The molecule has 0 spiro atoms. The predicted octanol–water partition coefficient (Wildman–Crippen LogP) is 2.85. The number of aryl methyl sites for hydroxylation is 2. The van der Waals surface area contributed by atoms with Crippen LogP contribution in [0.5, 0.6) is 0 Å². The van der Waals surface area contributed by atoms with Gasteiger partial charge >= 0.3 is 5.97 Å². The summed E-state index contributed by atoms with van der Waals surface area (Å²) < 4.78 is 5.00. The second-order valence-corrected chi connectivity index (χ2v) is 4.69. The molecular weight excluding hydrogens is 238 g/mol. The molecule has 0 bridgehead atoms. The summed E-state index contributed by atoms with van der Waals surface area (Å²) >= 11 is 0. The molecule has 19 heavy (non-hydrogen) atoms. The fourth-order valence-electron chi connectivity index (χ4n) is 1.97. The van der Waals surface area contributed by atoms with E-state index in [1.807, 2.05) is 17.9 Å². The molecule has 104 valence electrons. The Morgan fingerprint density at radius 2 is 2.16 bits per heavy atom. The Morgan fingerprint density at radius 1 is 1.42 bits per heavy atom. The number of benzene rings is 1. The van der Waals surface area contributed by atoms with Crippen molar-refractivity contribution in [2.45, 2.75) is 27.3 Å². The smallest absolute Gasteiger partial charge is 0.320 e. The number of rotatable bonds is 7. The largest absolute Gasteiger partial charge is 0.465 e. The first-order valence-electron chi connectivity index (χ1n) is 6.61. The normalized spacial score (nSPS) is 10.5. The Kier molecular flexibility index (Phi) is 6.30. The van der Waals surface area contributed by atoms with Gasteiger partial charge in [0.1, 0.15) is 0 Å². The van der Waals surface area contributed by atoms with Crippen molar-refractivity contribution in [3.8, 4) is 0 Å². The average Bonchev–Trinajstić information content (AvgIpc) is 2.34. The van der Waals surface area contributed by atoms with E-state index in [1.165, 1.54) is 16.7 Å². The van der Waals surface area contributed by atoms with Gasteiger partial charge in [-0.05, 0) is 31.9 Å². The van der Waals surface area contributed by atoms with Crippen LogP contribution in [0.4, 0.5) is 0 Å². The zero-order valence-corrected chi connectivity index (χ0v) is 12.1. The lowest BCUT2D eigenvalue weighted by atomic mass is 10.1. The zero-order chi connectivity index (χ0) is 14.3. The molecule has 0 saturated heterocycles. The molecule has 0 fully saturated rings. The quantitative estimate of drug-likeness (QED) is 0.558. The summed E-state index contributed by atoms with van der Waals surface area (Å²) in [6.45, 7) is 11.9. The Bertz CT molecular complexity index is 440. The summed E-state index contributed by atoms with van der Waals surface area (Å²) in [4.78, 5) is 13.6. The fraction of sp³-hybridized carbons (Fsp3) is 0.438. The lowest BCUT2D eigenvalue weighted by Crippen LogP contribution is -2.31. The number of carbonyl (C=O) groups is 1. The van der Waals surface area contributed by atoms with Gasteiger partial charge in [0.25, 0.3) is 0 Å². The van der Waals surface area contributed by atoms with Gasteiger partial charge in [-0.15, -0.1) is 6.58 Å². The lowest BCUT2D eigenvalue weighted by Gasteiger charge is -2.21. The Morgan fingerprint density at radius 3 is 2.79 bits per heavy atom. The van der Waals surface area contributed by atoms with Crippen LogP contribution in [-0.4, -0.2) is 30.6 Å². The molecule has 0 aromatic heterocycles. The molecule has 0 amide bonds. The van der Waals surface area contributed by atoms with E-state index in [-0.39, 0.29) is 5.97 Å². The van der Waals surface area contributed by atoms with E-state index in [0.717, 1.165) is 6.54 Å². The van der Waals surface area contributed by atoms with E-state index in [4.69, 9.17) is 4.74 Å². The minimum absolute atomic E-state index is 0.186. The van der Waals surface area contributed by atoms with Gasteiger partial charge in [-0.3, -0.25) is 9.69 Å². The fourth-order valence-corrected chi connectivity index (χ4v) is 1.97. The molecule has 0 N–H and O–H groups in total. The molecule has 0 unspecified atom stereocenters. The minimum atomic E-state index is -0.186. The van der Waals surface area contributed by atoms with Gasteiger partial charge in [0, 0.05) is 13.1 Å². The van der Waals surface area contributed by atoms with Crippen molar-refractivity contribution < 1.29 is 9.53 Å². The van der Waals surface area contributed by atoms with Crippen molar-refractivity contribution in [1.29, 1.82) is 0 Å². The van der Waals surface area contributed by atoms with E-state index in [2.05, 4.69) is 38.6 Å². The van der Waals surface area contributed by atoms with E-state index >= 15 is 0 Å². The van der Waals surface area contributed by atoms with Gasteiger partial charge in [0.05, 0.1) is 13.2 Å². The summed E-state index contributed by atoms with van der Waals surface area (Å²) in [5.74, 6) is -0.186. The van der Waals surface area contributed by atoms with Crippen molar-refractivity contribution in [2.24, 2.45) is 0 Å². The molecule has 0 atom stereocenters. The average molecular weight is 261 g/mol. The van der Waals surface area contributed by atoms with E-state index < -0.39 is 0 Å². The summed E-state index contributed by atoms with van der Waals surface area (Å²) in [7, 11) is 0. The monoisotopic (exact) mass is 261 g/mol. The Hall–Kier alpha value is -1.61. The molecule has 1 rings (SSSR count).